The van der Waals surface area contributed by atoms with Crippen molar-refractivity contribution in [3.63, 3.8) is 0 Å². The Morgan fingerprint density at radius 2 is 2.00 bits per heavy atom. The highest BCUT2D eigenvalue weighted by atomic mass is 16.5. The van der Waals surface area contributed by atoms with Crippen molar-refractivity contribution < 1.29 is 9.53 Å². The Bertz CT molecular complexity index is 441. The summed E-state index contributed by atoms with van der Waals surface area (Å²) >= 11 is 0. The monoisotopic (exact) mass is 289 g/mol. The number of nitrogens with zero attached hydrogens (tertiary/aromatic N) is 1. The lowest BCUT2D eigenvalue weighted by atomic mass is 9.96. The summed E-state index contributed by atoms with van der Waals surface area (Å²) in [6.07, 6.45) is 6.70. The number of carbonyl (C=O) groups excluding carboxylic acids is 1. The smallest absolute Gasteiger partial charge is 0.337 e. The minimum absolute atomic E-state index is 0.265. The number of hydrogen-bond donors (Lipinski definition) is 0. The molecule has 3 heteroatoms. The molecule has 1 unspecified atom stereocenters. The number of benzene rings is 1. The van der Waals surface area contributed by atoms with E-state index in [0.29, 0.717) is 5.56 Å². The predicted molar refractivity (Wildman–Crippen MR) is 85.3 cm³/mol. The molecule has 0 amide bonds. The maximum Gasteiger partial charge on any atom is 0.337 e. The standard InChI is InChI=1S/C18H27NO2/c1-3-5-15-6-4-12-19(13-11-15)14-16-7-9-17(10-8-16)18(20)21-2/h7-10,15H,3-6,11-14H2,1-2H3. The molecule has 116 valence electrons. The Balaban J connectivity index is 1.88. The Morgan fingerprint density at radius 3 is 2.67 bits per heavy atom. The van der Waals surface area contributed by atoms with Gasteiger partial charge in [-0.05, 0) is 56.0 Å². The molecular weight excluding hydrogens is 262 g/mol. The molecule has 0 radical (unpaired) electrons. The summed E-state index contributed by atoms with van der Waals surface area (Å²) in [6.45, 7) is 5.66. The van der Waals surface area contributed by atoms with Gasteiger partial charge in [-0.1, -0.05) is 31.9 Å². The van der Waals surface area contributed by atoms with Crippen molar-refractivity contribution in [1.29, 1.82) is 0 Å². The SMILES string of the molecule is CCCC1CCCN(Cc2ccc(C(=O)OC)cc2)CC1. The number of carbonyl (C=O) groups is 1. The number of esters is 1. The molecule has 1 atom stereocenters. The number of methoxy groups -OCH3 is 1. The highest BCUT2D eigenvalue weighted by Crippen LogP contribution is 2.22. The number of hydrogen-bond acceptors (Lipinski definition) is 3. The van der Waals surface area contributed by atoms with Crippen LogP contribution in [0.25, 0.3) is 0 Å². The lowest BCUT2D eigenvalue weighted by molar-refractivity contribution is 0.0600. The maximum absolute atomic E-state index is 11.4. The molecular formula is C18H27NO2. The summed E-state index contributed by atoms with van der Waals surface area (Å²) in [7, 11) is 1.42. The Morgan fingerprint density at radius 1 is 1.24 bits per heavy atom. The second-order valence-corrected chi connectivity index (χ2v) is 6.05. The van der Waals surface area contributed by atoms with Gasteiger partial charge in [0.2, 0.25) is 0 Å². The van der Waals surface area contributed by atoms with Crippen LogP contribution in [0.3, 0.4) is 0 Å². The van der Waals surface area contributed by atoms with E-state index in [9.17, 15) is 4.79 Å². The van der Waals surface area contributed by atoms with Crippen LogP contribution in [0.5, 0.6) is 0 Å². The van der Waals surface area contributed by atoms with E-state index >= 15 is 0 Å². The molecule has 2 rings (SSSR count). The molecule has 0 aliphatic carbocycles. The van der Waals surface area contributed by atoms with Gasteiger partial charge in [-0.3, -0.25) is 4.90 Å². The van der Waals surface area contributed by atoms with Gasteiger partial charge < -0.3 is 4.74 Å². The third kappa shape index (κ3) is 4.85. The van der Waals surface area contributed by atoms with E-state index in [-0.39, 0.29) is 5.97 Å². The summed E-state index contributed by atoms with van der Waals surface area (Å²) in [5.41, 5.74) is 1.90. The normalized spacial score (nSPS) is 20.0. The Labute approximate surface area is 128 Å². The zero-order valence-corrected chi connectivity index (χ0v) is 13.3. The van der Waals surface area contributed by atoms with Crippen LogP contribution in [0.2, 0.25) is 0 Å². The van der Waals surface area contributed by atoms with Gasteiger partial charge in [-0.25, -0.2) is 4.79 Å². The summed E-state index contributed by atoms with van der Waals surface area (Å²) in [5.74, 6) is 0.653. The fourth-order valence-corrected chi connectivity index (χ4v) is 3.20. The molecule has 0 saturated carbocycles. The topological polar surface area (TPSA) is 29.5 Å². The predicted octanol–water partition coefficient (Wildman–Crippen LogP) is 3.88. The molecule has 1 aliphatic rings. The first-order valence-corrected chi connectivity index (χ1v) is 8.12. The fraction of sp³-hybridized carbons (Fsp3) is 0.611. The summed E-state index contributed by atoms with van der Waals surface area (Å²) < 4.78 is 4.73. The molecule has 1 fully saturated rings. The van der Waals surface area contributed by atoms with Crippen LogP contribution >= 0.6 is 0 Å². The zero-order chi connectivity index (χ0) is 15.1. The van der Waals surface area contributed by atoms with Crippen LogP contribution in [-0.4, -0.2) is 31.1 Å². The second-order valence-electron chi connectivity index (χ2n) is 6.05. The first kappa shape index (κ1) is 16.0. The van der Waals surface area contributed by atoms with Crippen LogP contribution in [0, 0.1) is 5.92 Å². The zero-order valence-electron chi connectivity index (χ0n) is 13.3. The van der Waals surface area contributed by atoms with E-state index in [1.165, 1.54) is 57.9 Å². The van der Waals surface area contributed by atoms with Gasteiger partial charge in [0.25, 0.3) is 0 Å². The summed E-state index contributed by atoms with van der Waals surface area (Å²) in [4.78, 5) is 14.0. The average molecular weight is 289 g/mol. The van der Waals surface area contributed by atoms with Crippen molar-refractivity contribution >= 4 is 5.97 Å². The Kier molecular flexibility index (Phi) is 6.24. The van der Waals surface area contributed by atoms with E-state index in [0.717, 1.165) is 12.5 Å². The molecule has 0 aromatic heterocycles. The van der Waals surface area contributed by atoms with Crippen molar-refractivity contribution in [3.05, 3.63) is 35.4 Å². The molecule has 3 nitrogen and oxygen atoms in total. The Hall–Kier alpha value is -1.35. The number of rotatable bonds is 5. The molecule has 1 aromatic carbocycles. The first-order valence-electron chi connectivity index (χ1n) is 8.12. The molecule has 0 bridgehead atoms. The van der Waals surface area contributed by atoms with Crippen LogP contribution in [0.15, 0.2) is 24.3 Å². The van der Waals surface area contributed by atoms with Gasteiger partial charge in [-0.15, -0.1) is 0 Å². The van der Waals surface area contributed by atoms with Crippen molar-refractivity contribution in [1.82, 2.24) is 4.90 Å². The molecule has 1 heterocycles. The summed E-state index contributed by atoms with van der Waals surface area (Å²) in [5, 5.41) is 0. The van der Waals surface area contributed by atoms with E-state index in [1.807, 2.05) is 24.3 Å². The minimum Gasteiger partial charge on any atom is -0.465 e. The van der Waals surface area contributed by atoms with E-state index in [2.05, 4.69) is 11.8 Å². The second kappa shape index (κ2) is 8.18. The molecule has 1 aliphatic heterocycles. The van der Waals surface area contributed by atoms with Crippen molar-refractivity contribution in [2.75, 3.05) is 20.2 Å². The number of ether oxygens (including phenoxy) is 1. The van der Waals surface area contributed by atoms with Gasteiger partial charge in [0, 0.05) is 6.54 Å². The highest BCUT2D eigenvalue weighted by Gasteiger charge is 2.16. The fourth-order valence-electron chi connectivity index (χ4n) is 3.20. The molecule has 21 heavy (non-hydrogen) atoms. The van der Waals surface area contributed by atoms with Crippen LogP contribution in [-0.2, 0) is 11.3 Å². The van der Waals surface area contributed by atoms with Crippen LogP contribution < -0.4 is 0 Å². The number of likely N-dealkylation sites (tertiary alicyclic amines) is 1. The lowest BCUT2D eigenvalue weighted by Gasteiger charge is -2.20. The van der Waals surface area contributed by atoms with E-state index < -0.39 is 0 Å². The van der Waals surface area contributed by atoms with Gasteiger partial charge in [0.1, 0.15) is 0 Å². The maximum atomic E-state index is 11.4. The largest absolute Gasteiger partial charge is 0.465 e. The van der Waals surface area contributed by atoms with Gasteiger partial charge in [-0.2, -0.15) is 0 Å². The first-order chi connectivity index (χ1) is 10.2. The third-order valence-electron chi connectivity index (χ3n) is 4.42. The highest BCUT2D eigenvalue weighted by molar-refractivity contribution is 5.89. The van der Waals surface area contributed by atoms with Gasteiger partial charge in [0.15, 0.2) is 0 Å². The van der Waals surface area contributed by atoms with Crippen molar-refractivity contribution in [3.8, 4) is 0 Å². The molecule has 0 N–H and O–H groups in total. The molecule has 1 saturated heterocycles. The van der Waals surface area contributed by atoms with E-state index in [4.69, 9.17) is 4.74 Å². The quantitative estimate of drug-likeness (QED) is 0.771. The van der Waals surface area contributed by atoms with Gasteiger partial charge >= 0.3 is 5.97 Å². The van der Waals surface area contributed by atoms with Crippen LogP contribution in [0.1, 0.15) is 54.9 Å². The van der Waals surface area contributed by atoms with Crippen molar-refractivity contribution in [2.24, 2.45) is 5.92 Å². The summed E-state index contributed by atoms with van der Waals surface area (Å²) in [6, 6.07) is 7.80. The van der Waals surface area contributed by atoms with Crippen molar-refractivity contribution in [2.45, 2.75) is 45.6 Å². The van der Waals surface area contributed by atoms with Gasteiger partial charge in [0.05, 0.1) is 12.7 Å². The molecule has 0 spiro atoms. The minimum atomic E-state index is -0.265. The van der Waals surface area contributed by atoms with E-state index in [1.54, 1.807) is 0 Å². The lowest BCUT2D eigenvalue weighted by Crippen LogP contribution is -2.24. The molecule has 1 aromatic rings. The third-order valence-corrected chi connectivity index (χ3v) is 4.42. The van der Waals surface area contributed by atoms with Crippen LogP contribution in [0.4, 0.5) is 0 Å². The average Bonchev–Trinajstić information content (AvgIpc) is 2.73.